The number of hydrogen-bond acceptors (Lipinski definition) is 7. The first-order valence-electron chi connectivity index (χ1n) is 7.57. The number of thiazole rings is 1. The van der Waals surface area contributed by atoms with E-state index in [0.29, 0.717) is 15.6 Å². The fraction of sp³-hybridized carbons (Fsp3) is 0.375. The van der Waals surface area contributed by atoms with Gasteiger partial charge in [0, 0.05) is 22.4 Å². The van der Waals surface area contributed by atoms with E-state index in [1.54, 1.807) is 28.7 Å². The maximum Gasteiger partial charge on any atom is 0.357 e. The van der Waals surface area contributed by atoms with E-state index < -0.39 is 5.97 Å². The van der Waals surface area contributed by atoms with E-state index in [4.69, 9.17) is 4.74 Å². The van der Waals surface area contributed by atoms with Crippen molar-refractivity contribution in [2.24, 2.45) is 0 Å². The number of thiophene rings is 1. The van der Waals surface area contributed by atoms with E-state index in [0.717, 1.165) is 12.8 Å². The maximum absolute atomic E-state index is 12.8. The van der Waals surface area contributed by atoms with Gasteiger partial charge in [0.2, 0.25) is 0 Å². The lowest BCUT2D eigenvalue weighted by molar-refractivity contribution is 0.0520. The van der Waals surface area contributed by atoms with Gasteiger partial charge in [-0.2, -0.15) is 0 Å². The Kier molecular flexibility index (Phi) is 4.77. The summed E-state index contributed by atoms with van der Waals surface area (Å²) in [7, 11) is 0. The molecule has 1 saturated carbocycles. The van der Waals surface area contributed by atoms with Crippen molar-refractivity contribution in [2.75, 3.05) is 11.5 Å². The highest BCUT2D eigenvalue weighted by Gasteiger charge is 2.37. The van der Waals surface area contributed by atoms with E-state index >= 15 is 0 Å². The average Bonchev–Trinajstić information content (AvgIpc) is 3.05. The Morgan fingerprint density at radius 2 is 2.04 bits per heavy atom. The highest BCUT2D eigenvalue weighted by molar-refractivity contribution is 7.14. The number of hydrogen-bond donors (Lipinski definition) is 0. The van der Waals surface area contributed by atoms with Gasteiger partial charge in [-0.05, 0) is 32.8 Å². The van der Waals surface area contributed by atoms with Crippen LogP contribution in [0.2, 0.25) is 0 Å². The topological polar surface area (TPSA) is 76.6 Å². The molecule has 2 heterocycles. The van der Waals surface area contributed by atoms with Gasteiger partial charge < -0.3 is 4.74 Å². The summed E-state index contributed by atoms with van der Waals surface area (Å²) in [6, 6.07) is 1.71. The third kappa shape index (κ3) is 3.39. The molecule has 2 aromatic heterocycles. The molecule has 0 unspecified atom stereocenters. The fourth-order valence-electron chi connectivity index (χ4n) is 2.17. The third-order valence-electron chi connectivity index (χ3n) is 3.53. The Labute approximate surface area is 147 Å². The number of esters is 1. The van der Waals surface area contributed by atoms with Crippen molar-refractivity contribution >= 4 is 45.5 Å². The second kappa shape index (κ2) is 6.82. The molecule has 0 spiro atoms. The third-order valence-corrected chi connectivity index (χ3v) is 5.29. The van der Waals surface area contributed by atoms with Crippen LogP contribution in [0.5, 0.6) is 0 Å². The molecule has 0 aliphatic heterocycles. The van der Waals surface area contributed by atoms with Gasteiger partial charge in [0.15, 0.2) is 16.6 Å². The Balaban J connectivity index is 1.85. The number of nitrogens with zero attached hydrogens (tertiary/aromatic N) is 2. The van der Waals surface area contributed by atoms with Crippen molar-refractivity contribution in [3.05, 3.63) is 33.0 Å². The lowest BCUT2D eigenvalue weighted by Gasteiger charge is -2.18. The van der Waals surface area contributed by atoms with Crippen LogP contribution in [0.25, 0.3) is 0 Å². The van der Waals surface area contributed by atoms with Crippen molar-refractivity contribution in [3.63, 3.8) is 0 Å². The lowest BCUT2D eigenvalue weighted by Crippen LogP contribution is -2.32. The number of ether oxygens (including phenoxy) is 1. The minimum atomic E-state index is -0.488. The van der Waals surface area contributed by atoms with Crippen molar-refractivity contribution in [1.29, 1.82) is 0 Å². The SMILES string of the molecule is CCOC(=O)c1csc(N(C(=O)c2cc(C(C)=O)cs2)C2CC2)n1. The van der Waals surface area contributed by atoms with E-state index in [9.17, 15) is 14.4 Å². The van der Waals surface area contributed by atoms with Crippen molar-refractivity contribution in [2.45, 2.75) is 32.7 Å². The summed E-state index contributed by atoms with van der Waals surface area (Å²) >= 11 is 2.50. The fourth-order valence-corrected chi connectivity index (χ4v) is 3.91. The molecule has 3 rings (SSSR count). The van der Waals surface area contributed by atoms with E-state index in [1.807, 2.05) is 0 Å². The zero-order valence-electron chi connectivity index (χ0n) is 13.3. The van der Waals surface area contributed by atoms with E-state index in [2.05, 4.69) is 4.98 Å². The lowest BCUT2D eigenvalue weighted by atomic mass is 10.2. The predicted octanol–water partition coefficient (Wildman–Crippen LogP) is 3.39. The molecule has 0 radical (unpaired) electrons. The van der Waals surface area contributed by atoms with Crippen LogP contribution >= 0.6 is 22.7 Å². The van der Waals surface area contributed by atoms with Crippen LogP contribution in [-0.2, 0) is 4.74 Å². The average molecular weight is 364 g/mol. The highest BCUT2D eigenvalue weighted by Crippen LogP contribution is 2.35. The molecular formula is C16H16N2O4S2. The number of Topliss-reactive ketones (excluding diaryl/α,β-unsaturated/α-hetero) is 1. The van der Waals surface area contributed by atoms with Crippen LogP contribution in [0.15, 0.2) is 16.8 Å². The molecule has 0 aromatic carbocycles. The minimum Gasteiger partial charge on any atom is -0.461 e. The van der Waals surface area contributed by atoms with Crippen LogP contribution in [0.3, 0.4) is 0 Å². The van der Waals surface area contributed by atoms with Crippen LogP contribution in [0.1, 0.15) is 57.2 Å². The van der Waals surface area contributed by atoms with E-state index in [1.165, 1.54) is 29.6 Å². The number of anilines is 1. The van der Waals surface area contributed by atoms with Gasteiger partial charge in [0.1, 0.15) is 0 Å². The zero-order valence-corrected chi connectivity index (χ0v) is 14.9. The largest absolute Gasteiger partial charge is 0.461 e. The molecule has 8 heteroatoms. The van der Waals surface area contributed by atoms with Gasteiger partial charge in [-0.15, -0.1) is 22.7 Å². The summed E-state index contributed by atoms with van der Waals surface area (Å²) in [5.74, 6) is -0.736. The van der Waals surface area contributed by atoms with Gasteiger partial charge in [-0.1, -0.05) is 0 Å². The first kappa shape index (κ1) is 16.8. The van der Waals surface area contributed by atoms with Gasteiger partial charge >= 0.3 is 5.97 Å². The summed E-state index contributed by atoms with van der Waals surface area (Å²) in [5.41, 5.74) is 0.747. The Morgan fingerprint density at radius 1 is 1.29 bits per heavy atom. The normalized spacial score (nSPS) is 13.6. The van der Waals surface area contributed by atoms with Gasteiger partial charge in [-0.3, -0.25) is 14.5 Å². The second-order valence-electron chi connectivity index (χ2n) is 5.40. The molecule has 0 saturated heterocycles. The maximum atomic E-state index is 12.8. The summed E-state index contributed by atoms with van der Waals surface area (Å²) in [6.45, 7) is 3.48. The van der Waals surface area contributed by atoms with Crippen LogP contribution in [0.4, 0.5) is 5.13 Å². The smallest absolute Gasteiger partial charge is 0.357 e. The molecule has 6 nitrogen and oxygen atoms in total. The standard InChI is InChI=1S/C16H16N2O4S2/c1-3-22-15(21)12-8-24-16(17-12)18(11-4-5-11)14(20)13-6-10(7-23-13)9(2)19/h6-8,11H,3-5H2,1-2H3. The monoisotopic (exact) mass is 364 g/mol. The van der Waals surface area contributed by atoms with Crippen molar-refractivity contribution < 1.29 is 19.1 Å². The highest BCUT2D eigenvalue weighted by atomic mass is 32.1. The van der Waals surface area contributed by atoms with E-state index in [-0.39, 0.29) is 30.0 Å². The van der Waals surface area contributed by atoms with Gasteiger partial charge in [0.25, 0.3) is 5.91 Å². The molecule has 24 heavy (non-hydrogen) atoms. The molecule has 126 valence electrons. The zero-order chi connectivity index (χ0) is 17.3. The predicted molar refractivity (Wildman–Crippen MR) is 92.2 cm³/mol. The first-order valence-corrected chi connectivity index (χ1v) is 9.33. The van der Waals surface area contributed by atoms with Crippen molar-refractivity contribution in [1.82, 2.24) is 4.98 Å². The molecule has 1 aliphatic rings. The quantitative estimate of drug-likeness (QED) is 0.580. The number of aromatic nitrogens is 1. The van der Waals surface area contributed by atoms with Gasteiger partial charge in [0.05, 0.1) is 11.5 Å². The molecule has 0 atom stereocenters. The molecule has 1 amide bonds. The summed E-state index contributed by atoms with van der Waals surface area (Å²) in [6.07, 6.45) is 1.82. The second-order valence-corrected chi connectivity index (χ2v) is 7.15. The molecule has 0 bridgehead atoms. The summed E-state index contributed by atoms with van der Waals surface area (Å²) < 4.78 is 4.94. The molecule has 1 fully saturated rings. The Morgan fingerprint density at radius 3 is 2.62 bits per heavy atom. The number of ketones is 1. The number of carbonyl (C=O) groups excluding carboxylic acids is 3. The molecule has 0 N–H and O–H groups in total. The molecular weight excluding hydrogens is 348 g/mol. The molecule has 2 aromatic rings. The first-order chi connectivity index (χ1) is 11.5. The van der Waals surface area contributed by atoms with Crippen molar-refractivity contribution in [3.8, 4) is 0 Å². The van der Waals surface area contributed by atoms with Crippen LogP contribution in [0, 0.1) is 0 Å². The molecule has 1 aliphatic carbocycles. The van der Waals surface area contributed by atoms with Crippen LogP contribution in [-0.4, -0.2) is 35.3 Å². The van der Waals surface area contributed by atoms with Crippen LogP contribution < -0.4 is 4.90 Å². The Bertz CT molecular complexity index is 792. The van der Waals surface area contributed by atoms with Gasteiger partial charge in [-0.25, -0.2) is 9.78 Å². The summed E-state index contributed by atoms with van der Waals surface area (Å²) in [5, 5.41) is 3.78. The summed E-state index contributed by atoms with van der Waals surface area (Å²) in [4.78, 5) is 42.4. The number of amides is 1. The Hall–Kier alpha value is -2.06. The minimum absolute atomic E-state index is 0.0675. The number of carbonyl (C=O) groups is 3. The number of rotatable bonds is 6.